The molecule has 32 heavy (non-hydrogen) atoms. The number of carbonyl (C=O) groups excluding carboxylic acids is 2. The summed E-state index contributed by atoms with van der Waals surface area (Å²) < 4.78 is 7.54. The average Bonchev–Trinajstić information content (AvgIpc) is 3.15. The molecule has 8 heteroatoms. The third kappa shape index (κ3) is 5.17. The number of nitrogens with two attached hydrogens (primary N) is 1. The highest BCUT2D eigenvalue weighted by Gasteiger charge is 2.48. The lowest BCUT2D eigenvalue weighted by molar-refractivity contribution is -0.120. The zero-order valence-corrected chi connectivity index (χ0v) is 19.3. The van der Waals surface area contributed by atoms with Gasteiger partial charge in [-0.1, -0.05) is 19.9 Å². The van der Waals surface area contributed by atoms with Gasteiger partial charge in [0.05, 0.1) is 12.8 Å². The van der Waals surface area contributed by atoms with Crippen LogP contribution in [0, 0.1) is 29.6 Å². The molecule has 1 heterocycles. The number of aromatic nitrogens is 2. The van der Waals surface area contributed by atoms with E-state index in [4.69, 9.17) is 10.5 Å². The molecule has 8 nitrogen and oxygen atoms in total. The monoisotopic (exact) mass is 443 g/mol. The van der Waals surface area contributed by atoms with Gasteiger partial charge in [0.25, 0.3) is 5.91 Å². The van der Waals surface area contributed by atoms with Crippen LogP contribution < -0.4 is 21.1 Å². The van der Waals surface area contributed by atoms with E-state index in [1.807, 2.05) is 0 Å². The first-order chi connectivity index (χ1) is 15.4. The predicted molar refractivity (Wildman–Crippen MR) is 123 cm³/mol. The molecule has 0 radical (unpaired) electrons. The van der Waals surface area contributed by atoms with Gasteiger partial charge in [-0.25, -0.2) is 4.68 Å². The minimum absolute atomic E-state index is 0.108. The van der Waals surface area contributed by atoms with Gasteiger partial charge < -0.3 is 21.1 Å². The molecule has 176 valence electrons. The van der Waals surface area contributed by atoms with Crippen LogP contribution in [0.4, 0.5) is 0 Å². The smallest absolute Gasteiger partial charge is 0.258 e. The highest BCUT2D eigenvalue weighted by Crippen LogP contribution is 2.53. The van der Waals surface area contributed by atoms with E-state index in [9.17, 15) is 9.59 Å². The van der Waals surface area contributed by atoms with E-state index in [-0.39, 0.29) is 24.3 Å². The number of amides is 2. The molecule has 0 atom stereocenters. The lowest BCUT2D eigenvalue weighted by atomic mass is 9.54. The fourth-order valence-electron chi connectivity index (χ4n) is 5.94. The van der Waals surface area contributed by atoms with Gasteiger partial charge in [0, 0.05) is 31.8 Å². The molecule has 0 spiro atoms. The first-order valence-electron chi connectivity index (χ1n) is 12.1. The van der Waals surface area contributed by atoms with Crippen LogP contribution in [0.1, 0.15) is 62.7 Å². The summed E-state index contributed by atoms with van der Waals surface area (Å²) >= 11 is 0. The summed E-state index contributed by atoms with van der Waals surface area (Å²) in [5.41, 5.74) is 5.86. The molecule has 4 aliphatic carbocycles. The zero-order valence-electron chi connectivity index (χ0n) is 19.3. The van der Waals surface area contributed by atoms with Crippen molar-refractivity contribution in [2.75, 3.05) is 19.7 Å². The third-order valence-electron chi connectivity index (χ3n) is 7.09. The Hall–Kier alpha value is -2.35. The molecule has 4 saturated carbocycles. The summed E-state index contributed by atoms with van der Waals surface area (Å²) in [4.78, 5) is 25.1. The van der Waals surface area contributed by atoms with Crippen molar-refractivity contribution < 1.29 is 14.3 Å². The average molecular weight is 444 g/mol. The van der Waals surface area contributed by atoms with Crippen LogP contribution in [0.25, 0.3) is 6.20 Å². The molecule has 4 N–H and O–H groups in total. The van der Waals surface area contributed by atoms with Gasteiger partial charge >= 0.3 is 0 Å². The summed E-state index contributed by atoms with van der Waals surface area (Å²) in [6.45, 7) is 5.46. The predicted octanol–water partition coefficient (Wildman–Crippen LogP) is 2.41. The van der Waals surface area contributed by atoms with Crippen molar-refractivity contribution in [3.8, 4) is 5.88 Å². The van der Waals surface area contributed by atoms with E-state index in [0.717, 1.165) is 11.8 Å². The molecule has 0 aliphatic heterocycles. The van der Waals surface area contributed by atoms with Crippen molar-refractivity contribution in [1.29, 1.82) is 0 Å². The van der Waals surface area contributed by atoms with Crippen LogP contribution in [-0.2, 0) is 4.79 Å². The second-order valence-electron chi connectivity index (χ2n) is 10.2. The maximum atomic E-state index is 13.3. The quantitative estimate of drug-likeness (QED) is 0.514. The number of nitrogens with one attached hydrogen (secondary N) is 2. The van der Waals surface area contributed by atoms with E-state index in [1.54, 1.807) is 23.2 Å². The second kappa shape index (κ2) is 10.1. The second-order valence-corrected chi connectivity index (χ2v) is 10.2. The normalized spacial score (nSPS) is 28.4. The van der Waals surface area contributed by atoms with Gasteiger partial charge in [-0.15, -0.1) is 0 Å². The van der Waals surface area contributed by atoms with Crippen molar-refractivity contribution in [2.45, 2.75) is 58.4 Å². The van der Waals surface area contributed by atoms with Gasteiger partial charge in [0.15, 0.2) is 0 Å². The Balaban J connectivity index is 1.45. The number of rotatable bonds is 10. The SMILES string of the molecule is CC(C)COc1c(C(=O)NC2C3CC4CC(C3)CC2C4)cnn1/C=C/CC(=O)NCCN. The van der Waals surface area contributed by atoms with E-state index in [1.165, 1.54) is 32.1 Å². The fraction of sp³-hybridized carbons (Fsp3) is 0.708. The number of nitrogens with zero attached hydrogens (tertiary/aromatic N) is 2. The molecule has 4 bridgehead atoms. The Morgan fingerprint density at radius 2 is 1.91 bits per heavy atom. The van der Waals surface area contributed by atoms with Gasteiger partial charge in [-0.3, -0.25) is 9.59 Å². The van der Waals surface area contributed by atoms with Gasteiger partial charge in [0.2, 0.25) is 11.8 Å². The summed E-state index contributed by atoms with van der Waals surface area (Å²) in [7, 11) is 0. The lowest BCUT2D eigenvalue weighted by Crippen LogP contribution is -2.55. The van der Waals surface area contributed by atoms with Crippen LogP contribution >= 0.6 is 0 Å². The van der Waals surface area contributed by atoms with Crippen LogP contribution in [-0.4, -0.2) is 47.3 Å². The topological polar surface area (TPSA) is 111 Å². The van der Waals surface area contributed by atoms with E-state index in [0.29, 0.717) is 48.9 Å². The van der Waals surface area contributed by atoms with Gasteiger partial charge in [-0.05, 0) is 61.7 Å². The van der Waals surface area contributed by atoms with Crippen molar-refractivity contribution in [1.82, 2.24) is 20.4 Å². The molecule has 5 rings (SSSR count). The van der Waals surface area contributed by atoms with Crippen molar-refractivity contribution >= 4 is 18.0 Å². The molecular weight excluding hydrogens is 406 g/mol. The fourth-order valence-corrected chi connectivity index (χ4v) is 5.94. The number of carbonyl (C=O) groups is 2. The van der Waals surface area contributed by atoms with E-state index in [2.05, 4.69) is 29.6 Å². The highest BCUT2D eigenvalue weighted by atomic mass is 16.5. The van der Waals surface area contributed by atoms with Crippen molar-refractivity contribution in [3.05, 3.63) is 17.8 Å². The minimum atomic E-state index is -0.110. The molecule has 1 aromatic heterocycles. The molecule has 0 saturated heterocycles. The van der Waals surface area contributed by atoms with Crippen LogP contribution in [0.2, 0.25) is 0 Å². The van der Waals surface area contributed by atoms with Gasteiger partial charge in [0.1, 0.15) is 5.56 Å². The molecule has 2 amide bonds. The molecule has 4 fully saturated rings. The summed E-state index contributed by atoms with van der Waals surface area (Å²) in [6.07, 6.45) is 11.6. The maximum absolute atomic E-state index is 13.3. The van der Waals surface area contributed by atoms with Crippen LogP contribution in [0.15, 0.2) is 12.3 Å². The minimum Gasteiger partial charge on any atom is -0.477 e. The summed E-state index contributed by atoms with van der Waals surface area (Å²) in [5.74, 6) is 3.47. The summed E-state index contributed by atoms with van der Waals surface area (Å²) in [5, 5.41) is 10.4. The lowest BCUT2D eigenvalue weighted by Gasteiger charge is -2.54. The Bertz CT molecular complexity index is 819. The Labute approximate surface area is 190 Å². The highest BCUT2D eigenvalue weighted by molar-refractivity contribution is 5.96. The zero-order chi connectivity index (χ0) is 22.7. The molecule has 0 unspecified atom stereocenters. The number of hydrogen-bond acceptors (Lipinski definition) is 5. The standard InChI is InChI=1S/C24H37N5O3/c1-15(2)14-32-24-20(13-27-29(24)7-3-4-21(30)26-6-5-25)23(31)28-22-18-9-16-8-17(11-18)12-19(22)10-16/h3,7,13,15-19,22H,4-6,8-12,14,25H2,1-2H3,(H,26,30)(H,28,31)/b7-3+. The number of ether oxygens (including phenoxy) is 1. The molecule has 1 aromatic rings. The number of hydrogen-bond donors (Lipinski definition) is 3. The Morgan fingerprint density at radius 1 is 1.22 bits per heavy atom. The van der Waals surface area contributed by atoms with Gasteiger partial charge in [-0.2, -0.15) is 5.10 Å². The van der Waals surface area contributed by atoms with Crippen molar-refractivity contribution in [3.63, 3.8) is 0 Å². The molecule has 4 aliphatic rings. The summed E-state index contributed by atoms with van der Waals surface area (Å²) in [6, 6.07) is 0.262. The van der Waals surface area contributed by atoms with E-state index >= 15 is 0 Å². The first kappa shape index (κ1) is 22.8. The Morgan fingerprint density at radius 3 is 2.53 bits per heavy atom. The van der Waals surface area contributed by atoms with Crippen LogP contribution in [0.5, 0.6) is 5.88 Å². The maximum Gasteiger partial charge on any atom is 0.258 e. The Kier molecular flexibility index (Phi) is 7.18. The largest absolute Gasteiger partial charge is 0.477 e. The molecule has 0 aromatic carbocycles. The van der Waals surface area contributed by atoms with E-state index < -0.39 is 0 Å². The van der Waals surface area contributed by atoms with Crippen molar-refractivity contribution in [2.24, 2.45) is 35.3 Å². The first-order valence-corrected chi connectivity index (χ1v) is 12.1. The third-order valence-corrected chi connectivity index (χ3v) is 7.09. The molecular formula is C24H37N5O3. The van der Waals surface area contributed by atoms with Crippen LogP contribution in [0.3, 0.4) is 0 Å².